The van der Waals surface area contributed by atoms with E-state index in [1.165, 1.54) is 22.3 Å². The van der Waals surface area contributed by atoms with Crippen molar-refractivity contribution in [3.05, 3.63) is 92.2 Å². The van der Waals surface area contributed by atoms with Crippen molar-refractivity contribution in [3.63, 3.8) is 0 Å². The number of aryl methyl sites for hydroxylation is 1. The van der Waals surface area contributed by atoms with Crippen LogP contribution in [0, 0.1) is 6.92 Å². The van der Waals surface area contributed by atoms with Crippen LogP contribution in [0.2, 0.25) is 10.0 Å². The van der Waals surface area contributed by atoms with Gasteiger partial charge in [-0.15, -0.1) is 11.3 Å². The maximum atomic E-state index is 12.7. The summed E-state index contributed by atoms with van der Waals surface area (Å²) in [5, 5.41) is 6.19. The van der Waals surface area contributed by atoms with Gasteiger partial charge in [-0.2, -0.15) is 0 Å². The summed E-state index contributed by atoms with van der Waals surface area (Å²) < 4.78 is 6.06. The molecule has 4 aromatic rings. The highest BCUT2D eigenvalue weighted by molar-refractivity contribution is 7.10. The number of benzene rings is 2. The Labute approximate surface area is 223 Å². The first kappa shape index (κ1) is 25.7. The van der Waals surface area contributed by atoms with E-state index in [2.05, 4.69) is 10.3 Å². The molecule has 0 fully saturated rings. The van der Waals surface area contributed by atoms with Crippen LogP contribution < -0.4 is 15.0 Å². The molecule has 9 heteroatoms. The molecule has 0 spiro atoms. The van der Waals surface area contributed by atoms with E-state index in [4.69, 9.17) is 27.9 Å². The minimum Gasteiger partial charge on any atom is -0.487 e. The number of carbonyl (C=O) groups excluding carboxylic acids is 2. The van der Waals surface area contributed by atoms with Crippen molar-refractivity contribution in [2.24, 2.45) is 0 Å². The number of hydrogen-bond acceptors (Lipinski definition) is 5. The molecule has 6 nitrogen and oxygen atoms in total. The van der Waals surface area contributed by atoms with Crippen molar-refractivity contribution < 1.29 is 14.3 Å². The second-order valence-electron chi connectivity index (χ2n) is 7.95. The first-order chi connectivity index (χ1) is 17.3. The fourth-order valence-corrected chi connectivity index (χ4v) is 4.70. The first-order valence-electron chi connectivity index (χ1n) is 11.1. The predicted molar refractivity (Wildman–Crippen MR) is 147 cm³/mol. The van der Waals surface area contributed by atoms with Crippen molar-refractivity contribution in [1.29, 1.82) is 0 Å². The lowest BCUT2D eigenvalue weighted by molar-refractivity contribution is -0.122. The van der Waals surface area contributed by atoms with Gasteiger partial charge in [0, 0.05) is 39.7 Å². The lowest BCUT2D eigenvalue weighted by atomic mass is 10.1. The average molecular weight is 540 g/mol. The fourth-order valence-electron chi connectivity index (χ4n) is 3.48. The normalized spacial score (nSPS) is 11.1. The Morgan fingerprint density at radius 1 is 1.11 bits per heavy atom. The lowest BCUT2D eigenvalue weighted by Gasteiger charge is -2.21. The number of nitrogens with zero attached hydrogens (tertiary/aromatic N) is 2. The number of amides is 2. The average Bonchev–Trinajstić information content (AvgIpc) is 3.39. The summed E-state index contributed by atoms with van der Waals surface area (Å²) in [5.74, 6) is -0.0884. The number of nitrogens with one attached hydrogen (secondary N) is 1. The maximum absolute atomic E-state index is 12.7. The van der Waals surface area contributed by atoms with Crippen LogP contribution in [0.1, 0.15) is 16.1 Å². The molecule has 184 valence electrons. The SMILES string of the molecule is Cc1ccc2cccc(OCc3c(Cl)ccc(N(C)C(=O)CNC(=O)/C=C/c4cccs4)c3Cl)c2n1. The van der Waals surface area contributed by atoms with Crippen molar-refractivity contribution in [2.75, 3.05) is 18.5 Å². The third-order valence-electron chi connectivity index (χ3n) is 5.45. The van der Waals surface area contributed by atoms with Gasteiger partial charge in [0.15, 0.2) is 0 Å². The van der Waals surface area contributed by atoms with Crippen molar-refractivity contribution in [2.45, 2.75) is 13.5 Å². The number of halogens is 2. The molecular formula is C27H23Cl2N3O3S. The first-order valence-corrected chi connectivity index (χ1v) is 12.7. The number of ether oxygens (including phenoxy) is 1. The number of thiophene rings is 1. The van der Waals surface area contributed by atoms with E-state index in [0.717, 1.165) is 21.5 Å². The van der Waals surface area contributed by atoms with Crippen LogP contribution in [0.25, 0.3) is 17.0 Å². The van der Waals surface area contributed by atoms with E-state index < -0.39 is 0 Å². The molecule has 1 N–H and O–H groups in total. The molecule has 36 heavy (non-hydrogen) atoms. The van der Waals surface area contributed by atoms with E-state index >= 15 is 0 Å². The largest absolute Gasteiger partial charge is 0.487 e. The Kier molecular flexibility index (Phi) is 8.25. The third kappa shape index (κ3) is 6.05. The number of para-hydroxylation sites is 1. The van der Waals surface area contributed by atoms with Crippen molar-refractivity contribution >= 4 is 69.0 Å². The van der Waals surface area contributed by atoms with Crippen LogP contribution >= 0.6 is 34.5 Å². The van der Waals surface area contributed by atoms with Crippen molar-refractivity contribution in [3.8, 4) is 5.75 Å². The highest BCUT2D eigenvalue weighted by atomic mass is 35.5. The second-order valence-corrected chi connectivity index (χ2v) is 9.71. The van der Waals surface area contributed by atoms with Crippen LogP contribution in [0.5, 0.6) is 5.75 Å². The summed E-state index contributed by atoms with van der Waals surface area (Å²) in [6, 6.07) is 16.8. The van der Waals surface area contributed by atoms with E-state index in [-0.39, 0.29) is 25.0 Å². The smallest absolute Gasteiger partial charge is 0.246 e. The maximum Gasteiger partial charge on any atom is 0.246 e. The van der Waals surface area contributed by atoms with Gasteiger partial charge in [-0.3, -0.25) is 9.59 Å². The molecule has 0 aliphatic rings. The Morgan fingerprint density at radius 2 is 1.94 bits per heavy atom. The second kappa shape index (κ2) is 11.6. The zero-order valence-corrected chi connectivity index (χ0v) is 22.0. The lowest BCUT2D eigenvalue weighted by Crippen LogP contribution is -2.37. The molecule has 0 atom stereocenters. The molecule has 0 radical (unpaired) electrons. The van der Waals surface area contributed by atoms with Crippen molar-refractivity contribution in [1.82, 2.24) is 10.3 Å². The third-order valence-corrected chi connectivity index (χ3v) is 7.06. The van der Waals surface area contributed by atoms with Gasteiger partial charge >= 0.3 is 0 Å². The molecule has 2 aromatic heterocycles. The zero-order valence-electron chi connectivity index (χ0n) is 19.6. The van der Waals surface area contributed by atoms with E-state index in [9.17, 15) is 9.59 Å². The minimum atomic E-state index is -0.361. The Balaban J connectivity index is 1.44. The predicted octanol–water partition coefficient (Wildman–Crippen LogP) is 6.28. The number of carbonyl (C=O) groups is 2. The molecule has 2 aromatic carbocycles. The molecule has 2 amide bonds. The summed E-state index contributed by atoms with van der Waals surface area (Å²) in [6.45, 7) is 1.82. The van der Waals surface area contributed by atoms with E-state index in [0.29, 0.717) is 27.0 Å². The molecule has 0 saturated heterocycles. The monoisotopic (exact) mass is 539 g/mol. The molecule has 0 aliphatic carbocycles. The number of fused-ring (bicyclic) bond motifs is 1. The van der Waals surface area contributed by atoms with Gasteiger partial charge in [-0.25, -0.2) is 4.98 Å². The molecule has 4 rings (SSSR count). The van der Waals surface area contributed by atoms with Crippen LogP contribution in [0.3, 0.4) is 0 Å². The van der Waals surface area contributed by atoms with Gasteiger partial charge in [0.2, 0.25) is 11.8 Å². The van der Waals surface area contributed by atoms with Gasteiger partial charge in [-0.1, -0.05) is 47.5 Å². The topological polar surface area (TPSA) is 71.5 Å². The van der Waals surface area contributed by atoms with E-state index in [1.54, 1.807) is 25.3 Å². The Bertz CT molecular complexity index is 1440. The molecule has 0 bridgehead atoms. The molecule has 2 heterocycles. The van der Waals surface area contributed by atoms with E-state index in [1.807, 2.05) is 54.8 Å². The highest BCUT2D eigenvalue weighted by Crippen LogP contribution is 2.35. The van der Waals surface area contributed by atoms with Gasteiger partial charge in [0.1, 0.15) is 17.9 Å². The van der Waals surface area contributed by atoms with Crippen LogP contribution in [0.4, 0.5) is 5.69 Å². The minimum absolute atomic E-state index is 0.0898. The molecular weight excluding hydrogens is 517 g/mol. The fraction of sp³-hybridized carbons (Fsp3) is 0.148. The number of rotatable bonds is 8. The van der Waals surface area contributed by atoms with Gasteiger partial charge in [0.25, 0.3) is 0 Å². The standard InChI is InChI=1S/C27H23Cl2N3O3S/c1-17-8-9-18-5-3-7-23(27(18)31-17)35-16-20-21(28)11-12-22(26(20)29)32(2)25(34)15-30-24(33)13-10-19-6-4-14-36-19/h3-14H,15-16H2,1-2H3,(H,30,33)/b13-10+. The summed E-state index contributed by atoms with van der Waals surface area (Å²) in [5.41, 5.74) is 2.63. The molecule has 0 saturated carbocycles. The zero-order chi connectivity index (χ0) is 25.7. The van der Waals surface area contributed by atoms with Crippen LogP contribution in [0.15, 0.2) is 66.1 Å². The summed E-state index contributed by atoms with van der Waals surface area (Å²) >= 11 is 14.6. The molecule has 0 aliphatic heterocycles. The number of aromatic nitrogens is 1. The number of anilines is 1. The Morgan fingerprint density at radius 3 is 2.72 bits per heavy atom. The molecule has 0 unspecified atom stereocenters. The summed E-state index contributed by atoms with van der Waals surface area (Å²) in [7, 11) is 1.59. The quantitative estimate of drug-likeness (QED) is 0.267. The highest BCUT2D eigenvalue weighted by Gasteiger charge is 2.19. The van der Waals surface area contributed by atoms with Crippen LogP contribution in [-0.4, -0.2) is 30.4 Å². The van der Waals surface area contributed by atoms with Gasteiger partial charge in [0.05, 0.1) is 17.3 Å². The number of hydrogen-bond donors (Lipinski definition) is 1. The summed E-state index contributed by atoms with van der Waals surface area (Å²) in [6.07, 6.45) is 3.09. The Hall–Kier alpha value is -3.39. The summed E-state index contributed by atoms with van der Waals surface area (Å²) in [4.78, 5) is 31.7. The number of pyridine rings is 1. The number of likely N-dealkylation sites (N-methyl/N-ethyl adjacent to an activating group) is 1. The van der Waals surface area contributed by atoms with Gasteiger partial charge in [-0.05, 0) is 48.7 Å². The van der Waals surface area contributed by atoms with Crippen LogP contribution in [-0.2, 0) is 16.2 Å². The van der Waals surface area contributed by atoms with Gasteiger partial charge < -0.3 is 15.0 Å².